The highest BCUT2D eigenvalue weighted by atomic mass is 16.1. The minimum atomic E-state index is -0.279. The standard InChI is InChI=1S/C13H12N6O/c1-15-13(20)10-4-5-12(18-17-10)19-11-6-9(14)3-2-8(11)7-16-19/h2-7H,14H2,1H3,(H,15,20). The van der Waals surface area contributed by atoms with Gasteiger partial charge in [-0.2, -0.15) is 5.10 Å². The van der Waals surface area contributed by atoms with Gasteiger partial charge in [0.15, 0.2) is 11.5 Å². The third kappa shape index (κ3) is 1.95. The molecule has 0 saturated heterocycles. The van der Waals surface area contributed by atoms with Crippen molar-refractivity contribution in [1.29, 1.82) is 0 Å². The number of rotatable bonds is 2. The molecule has 0 fully saturated rings. The molecule has 0 spiro atoms. The van der Waals surface area contributed by atoms with E-state index < -0.39 is 0 Å². The van der Waals surface area contributed by atoms with Gasteiger partial charge >= 0.3 is 0 Å². The molecule has 3 rings (SSSR count). The van der Waals surface area contributed by atoms with E-state index in [4.69, 9.17) is 5.73 Å². The van der Waals surface area contributed by atoms with E-state index in [0.29, 0.717) is 11.5 Å². The number of benzene rings is 1. The summed E-state index contributed by atoms with van der Waals surface area (Å²) in [6.45, 7) is 0. The number of carbonyl (C=O) groups is 1. The molecule has 0 atom stereocenters. The van der Waals surface area contributed by atoms with Crippen LogP contribution in [0.5, 0.6) is 0 Å². The number of carbonyl (C=O) groups excluding carboxylic acids is 1. The maximum absolute atomic E-state index is 11.4. The van der Waals surface area contributed by atoms with Crippen LogP contribution in [0.1, 0.15) is 10.5 Å². The largest absolute Gasteiger partial charge is 0.399 e. The Morgan fingerprint density at radius 2 is 2.10 bits per heavy atom. The van der Waals surface area contributed by atoms with Crippen LogP contribution >= 0.6 is 0 Å². The Bertz CT molecular complexity index is 777. The number of hydrogen-bond acceptors (Lipinski definition) is 5. The van der Waals surface area contributed by atoms with Gasteiger partial charge in [0.25, 0.3) is 5.91 Å². The van der Waals surface area contributed by atoms with E-state index in [0.717, 1.165) is 10.9 Å². The average Bonchev–Trinajstić information content (AvgIpc) is 2.89. The first-order chi connectivity index (χ1) is 9.69. The lowest BCUT2D eigenvalue weighted by Crippen LogP contribution is -2.20. The van der Waals surface area contributed by atoms with Crippen molar-refractivity contribution in [2.75, 3.05) is 12.8 Å². The van der Waals surface area contributed by atoms with Crippen LogP contribution in [0.4, 0.5) is 5.69 Å². The molecule has 0 aliphatic heterocycles. The zero-order valence-electron chi connectivity index (χ0n) is 10.7. The lowest BCUT2D eigenvalue weighted by Gasteiger charge is -2.03. The van der Waals surface area contributed by atoms with E-state index in [1.165, 1.54) is 0 Å². The monoisotopic (exact) mass is 268 g/mol. The lowest BCUT2D eigenvalue weighted by molar-refractivity contribution is 0.0957. The highest BCUT2D eigenvalue weighted by Crippen LogP contribution is 2.19. The van der Waals surface area contributed by atoms with Crippen LogP contribution in [0.15, 0.2) is 36.5 Å². The molecule has 2 aromatic heterocycles. The molecule has 100 valence electrons. The molecule has 0 unspecified atom stereocenters. The normalized spacial score (nSPS) is 10.7. The molecule has 1 aromatic carbocycles. The van der Waals surface area contributed by atoms with Crippen molar-refractivity contribution in [3.8, 4) is 5.82 Å². The first-order valence-electron chi connectivity index (χ1n) is 5.98. The number of amides is 1. The molecule has 3 N–H and O–H groups in total. The number of nitrogen functional groups attached to an aromatic ring is 1. The van der Waals surface area contributed by atoms with Crippen LogP contribution in [-0.2, 0) is 0 Å². The quantitative estimate of drug-likeness (QED) is 0.668. The zero-order chi connectivity index (χ0) is 14.1. The minimum absolute atomic E-state index is 0.257. The van der Waals surface area contributed by atoms with Crippen LogP contribution in [0, 0.1) is 0 Å². The second-order valence-corrected chi connectivity index (χ2v) is 4.23. The number of hydrogen-bond donors (Lipinski definition) is 2. The van der Waals surface area contributed by atoms with Crippen LogP contribution in [0.2, 0.25) is 0 Å². The molecular weight excluding hydrogens is 256 g/mol. The van der Waals surface area contributed by atoms with E-state index in [2.05, 4.69) is 20.6 Å². The molecule has 3 aromatic rings. The van der Waals surface area contributed by atoms with Crippen molar-refractivity contribution in [2.24, 2.45) is 0 Å². The zero-order valence-corrected chi connectivity index (χ0v) is 10.7. The number of nitrogens with zero attached hydrogens (tertiary/aromatic N) is 4. The van der Waals surface area contributed by atoms with E-state index in [-0.39, 0.29) is 11.6 Å². The summed E-state index contributed by atoms with van der Waals surface area (Å²) in [5.41, 5.74) is 7.53. The third-order valence-corrected chi connectivity index (χ3v) is 2.92. The number of aromatic nitrogens is 4. The second kappa shape index (κ2) is 4.61. The lowest BCUT2D eigenvalue weighted by atomic mass is 10.2. The maximum atomic E-state index is 11.4. The van der Waals surface area contributed by atoms with Crippen LogP contribution < -0.4 is 11.1 Å². The molecule has 2 heterocycles. The topological polar surface area (TPSA) is 98.7 Å². The predicted octanol–water partition coefficient (Wildman–Crippen LogP) is 0.757. The van der Waals surface area contributed by atoms with Crippen molar-refractivity contribution < 1.29 is 4.79 Å². The molecule has 20 heavy (non-hydrogen) atoms. The first-order valence-corrected chi connectivity index (χ1v) is 5.98. The Balaban J connectivity index is 2.07. The summed E-state index contributed by atoms with van der Waals surface area (Å²) in [5.74, 6) is 0.247. The maximum Gasteiger partial charge on any atom is 0.271 e. The highest BCUT2D eigenvalue weighted by Gasteiger charge is 2.09. The van der Waals surface area contributed by atoms with Crippen LogP contribution in [-0.4, -0.2) is 32.9 Å². The number of anilines is 1. The van der Waals surface area contributed by atoms with Gasteiger partial charge in [0.1, 0.15) is 0 Å². The van der Waals surface area contributed by atoms with Gasteiger partial charge in [0, 0.05) is 18.1 Å². The number of nitrogens with one attached hydrogen (secondary N) is 1. The van der Waals surface area contributed by atoms with Crippen LogP contribution in [0.3, 0.4) is 0 Å². The fraction of sp³-hybridized carbons (Fsp3) is 0.0769. The molecule has 0 aliphatic carbocycles. The third-order valence-electron chi connectivity index (χ3n) is 2.92. The predicted molar refractivity (Wildman–Crippen MR) is 74.5 cm³/mol. The van der Waals surface area contributed by atoms with Gasteiger partial charge < -0.3 is 11.1 Å². The average molecular weight is 268 g/mol. The molecule has 0 aliphatic rings. The fourth-order valence-corrected chi connectivity index (χ4v) is 1.91. The van der Waals surface area contributed by atoms with E-state index in [9.17, 15) is 4.79 Å². The van der Waals surface area contributed by atoms with E-state index in [1.807, 2.05) is 18.2 Å². The highest BCUT2D eigenvalue weighted by molar-refractivity contribution is 5.91. The summed E-state index contributed by atoms with van der Waals surface area (Å²) in [4.78, 5) is 11.4. The van der Waals surface area contributed by atoms with Crippen molar-refractivity contribution in [2.45, 2.75) is 0 Å². The first kappa shape index (κ1) is 12.1. The van der Waals surface area contributed by atoms with Crippen molar-refractivity contribution >= 4 is 22.5 Å². The van der Waals surface area contributed by atoms with Gasteiger partial charge in [-0.15, -0.1) is 10.2 Å². The SMILES string of the molecule is CNC(=O)c1ccc(-n2ncc3ccc(N)cc32)nn1. The molecule has 1 amide bonds. The number of fused-ring (bicyclic) bond motifs is 1. The molecule has 7 nitrogen and oxygen atoms in total. The summed E-state index contributed by atoms with van der Waals surface area (Å²) in [6, 6.07) is 8.81. The van der Waals surface area contributed by atoms with Crippen LogP contribution in [0.25, 0.3) is 16.7 Å². The van der Waals surface area contributed by atoms with E-state index in [1.54, 1.807) is 30.1 Å². The Hall–Kier alpha value is -2.96. The minimum Gasteiger partial charge on any atom is -0.399 e. The summed E-state index contributed by atoms with van der Waals surface area (Å²) in [5, 5.41) is 15.6. The summed E-state index contributed by atoms with van der Waals surface area (Å²) < 4.78 is 1.63. The Morgan fingerprint density at radius 1 is 1.25 bits per heavy atom. The fourth-order valence-electron chi connectivity index (χ4n) is 1.91. The summed E-state index contributed by atoms with van der Waals surface area (Å²) in [7, 11) is 1.54. The van der Waals surface area contributed by atoms with Gasteiger partial charge in [-0.3, -0.25) is 4.79 Å². The van der Waals surface area contributed by atoms with Gasteiger partial charge in [-0.05, 0) is 30.3 Å². The Morgan fingerprint density at radius 3 is 2.80 bits per heavy atom. The summed E-state index contributed by atoms with van der Waals surface area (Å²) in [6.07, 6.45) is 1.73. The molecule has 0 saturated carbocycles. The Labute approximate surface area is 114 Å². The molecule has 0 radical (unpaired) electrons. The van der Waals surface area contributed by atoms with E-state index >= 15 is 0 Å². The van der Waals surface area contributed by atoms with Gasteiger partial charge in [-0.1, -0.05) is 0 Å². The van der Waals surface area contributed by atoms with Gasteiger partial charge in [0.2, 0.25) is 0 Å². The molecule has 0 bridgehead atoms. The van der Waals surface area contributed by atoms with Gasteiger partial charge in [0.05, 0.1) is 11.7 Å². The molecular formula is C13H12N6O. The summed E-state index contributed by atoms with van der Waals surface area (Å²) >= 11 is 0. The van der Waals surface area contributed by atoms with Crippen molar-refractivity contribution in [3.05, 3.63) is 42.2 Å². The Kier molecular flexibility index (Phi) is 2.79. The van der Waals surface area contributed by atoms with Gasteiger partial charge in [-0.25, -0.2) is 4.68 Å². The van der Waals surface area contributed by atoms with Crippen molar-refractivity contribution in [1.82, 2.24) is 25.3 Å². The smallest absolute Gasteiger partial charge is 0.271 e. The molecule has 7 heteroatoms. The van der Waals surface area contributed by atoms with Crippen molar-refractivity contribution in [3.63, 3.8) is 0 Å². The number of nitrogens with two attached hydrogens (primary N) is 1. The second-order valence-electron chi connectivity index (χ2n) is 4.23.